The summed E-state index contributed by atoms with van der Waals surface area (Å²) in [4.78, 5) is 27.4. The molecule has 0 saturated carbocycles. The largest absolute Gasteiger partial charge is 0.446 e. The zero-order valence-electron chi connectivity index (χ0n) is 14.0. The monoisotopic (exact) mass is 347 g/mol. The van der Waals surface area contributed by atoms with Crippen molar-refractivity contribution in [1.29, 1.82) is 0 Å². The first-order chi connectivity index (χ1) is 12.7. The summed E-state index contributed by atoms with van der Waals surface area (Å²) in [5.74, 6) is 11.7. The molecule has 2 rings (SSSR count). The van der Waals surface area contributed by atoms with E-state index in [0.717, 1.165) is 0 Å². The molecule has 0 aromatic heterocycles. The average molecular weight is 347 g/mol. The molecule has 130 valence electrons. The number of ether oxygens (including phenoxy) is 1. The average Bonchev–Trinajstić information content (AvgIpc) is 2.68. The quantitative estimate of drug-likeness (QED) is 0.668. The standard InChI is InChI=1S/C14H11NO4.C7H4.H2/c16-13(11-7-3-1-4-8-11)19-15-14(17)18-12-9-5-2-6-10-12;1-3-5-7-6-4-2;/h1-10H,(H,15,17);1H,2H3;1H. The lowest BCUT2D eigenvalue weighted by atomic mass is 10.2. The molecule has 2 aromatic carbocycles. The van der Waals surface area contributed by atoms with Gasteiger partial charge in [-0.25, -0.2) is 9.59 Å². The Labute approximate surface area is 153 Å². The summed E-state index contributed by atoms with van der Waals surface area (Å²) in [5.41, 5.74) is 2.25. The third-order valence-corrected chi connectivity index (χ3v) is 2.51. The van der Waals surface area contributed by atoms with Crippen LogP contribution in [0.25, 0.3) is 0 Å². The SMILES string of the molecule is C#CC#CC#CC.O=C(NOC(=O)c1ccccc1)Oc1ccccc1.[HH]. The number of carbonyl (C=O) groups excluding carboxylic acids is 2. The van der Waals surface area contributed by atoms with Crippen LogP contribution in [0, 0.1) is 36.0 Å². The fourth-order valence-electron chi connectivity index (χ4n) is 1.47. The van der Waals surface area contributed by atoms with Crippen molar-refractivity contribution in [3.05, 3.63) is 66.2 Å². The zero-order chi connectivity index (χ0) is 19.0. The highest BCUT2D eigenvalue weighted by Gasteiger charge is 2.10. The first kappa shape index (κ1) is 19.9. The number of carbonyl (C=O) groups is 2. The predicted octanol–water partition coefficient (Wildman–Crippen LogP) is 3.44. The van der Waals surface area contributed by atoms with Gasteiger partial charge in [-0.2, -0.15) is 0 Å². The summed E-state index contributed by atoms with van der Waals surface area (Å²) >= 11 is 0. The predicted molar refractivity (Wildman–Crippen MR) is 99.6 cm³/mol. The molecular weight excluding hydrogens is 330 g/mol. The summed E-state index contributed by atoms with van der Waals surface area (Å²) in [6.07, 6.45) is 3.91. The van der Waals surface area contributed by atoms with Gasteiger partial charge in [-0.3, -0.25) is 0 Å². The van der Waals surface area contributed by atoms with E-state index in [1.165, 1.54) is 0 Å². The lowest BCUT2D eigenvalue weighted by molar-refractivity contribution is 0.0276. The lowest BCUT2D eigenvalue weighted by Crippen LogP contribution is -2.29. The minimum atomic E-state index is -0.865. The minimum Gasteiger partial charge on any atom is -0.408 e. The molecule has 0 aliphatic heterocycles. The van der Waals surface area contributed by atoms with Crippen molar-refractivity contribution in [1.82, 2.24) is 5.48 Å². The first-order valence-corrected chi connectivity index (χ1v) is 7.33. The van der Waals surface area contributed by atoms with Crippen molar-refractivity contribution in [2.45, 2.75) is 6.92 Å². The first-order valence-electron chi connectivity index (χ1n) is 7.33. The molecule has 1 N–H and O–H groups in total. The van der Waals surface area contributed by atoms with Gasteiger partial charge in [0.05, 0.1) is 5.56 Å². The van der Waals surface area contributed by atoms with E-state index in [9.17, 15) is 9.59 Å². The van der Waals surface area contributed by atoms with Gasteiger partial charge in [-0.1, -0.05) is 42.3 Å². The molecule has 2 aromatic rings. The fourth-order valence-corrected chi connectivity index (χ4v) is 1.47. The second-order valence-corrected chi connectivity index (χ2v) is 4.33. The Morgan fingerprint density at radius 1 is 0.962 bits per heavy atom. The summed E-state index contributed by atoms with van der Waals surface area (Å²) in [6, 6.07) is 16.8. The molecule has 0 heterocycles. The number of nitrogens with one attached hydrogen (secondary N) is 1. The Morgan fingerprint density at radius 2 is 1.58 bits per heavy atom. The van der Waals surface area contributed by atoms with E-state index in [-0.39, 0.29) is 1.43 Å². The number of hydroxylamine groups is 1. The third kappa shape index (κ3) is 8.48. The van der Waals surface area contributed by atoms with Gasteiger partial charge in [0.1, 0.15) is 5.75 Å². The van der Waals surface area contributed by atoms with Crippen LogP contribution in [0.2, 0.25) is 0 Å². The van der Waals surface area contributed by atoms with Gasteiger partial charge in [-0.15, -0.1) is 11.9 Å². The maximum Gasteiger partial charge on any atom is 0.446 e. The van der Waals surface area contributed by atoms with Gasteiger partial charge in [0.25, 0.3) is 0 Å². The van der Waals surface area contributed by atoms with Crippen molar-refractivity contribution in [2.24, 2.45) is 0 Å². The second kappa shape index (κ2) is 12.3. The van der Waals surface area contributed by atoms with Crippen LogP contribution in [0.5, 0.6) is 5.75 Å². The zero-order valence-corrected chi connectivity index (χ0v) is 14.0. The molecule has 0 fully saturated rings. The van der Waals surface area contributed by atoms with Crippen LogP contribution in [-0.4, -0.2) is 12.1 Å². The van der Waals surface area contributed by atoms with Crippen LogP contribution in [0.4, 0.5) is 4.79 Å². The number of rotatable bonds is 2. The maximum atomic E-state index is 11.5. The van der Waals surface area contributed by atoms with Crippen molar-refractivity contribution >= 4 is 12.1 Å². The fraction of sp³-hybridized carbons (Fsp3) is 0.0476. The molecule has 1 amide bonds. The van der Waals surface area contributed by atoms with E-state index in [1.807, 2.05) is 5.48 Å². The Balaban J connectivity index is 0.000000728. The summed E-state index contributed by atoms with van der Waals surface area (Å²) < 4.78 is 4.87. The summed E-state index contributed by atoms with van der Waals surface area (Å²) in [6.45, 7) is 1.71. The van der Waals surface area contributed by atoms with Gasteiger partial charge in [0.2, 0.25) is 0 Å². The van der Waals surface area contributed by atoms with Crippen LogP contribution >= 0.6 is 0 Å². The van der Waals surface area contributed by atoms with Crippen molar-refractivity contribution in [3.8, 4) is 41.8 Å². The van der Waals surface area contributed by atoms with E-state index < -0.39 is 12.1 Å². The summed E-state index contributed by atoms with van der Waals surface area (Å²) in [5, 5.41) is 0. The van der Waals surface area contributed by atoms with Crippen LogP contribution in [0.1, 0.15) is 18.7 Å². The number of para-hydroxylation sites is 1. The van der Waals surface area contributed by atoms with E-state index in [4.69, 9.17) is 11.2 Å². The molecule has 0 unspecified atom stereocenters. The molecule has 0 aliphatic carbocycles. The number of hydrogen-bond donors (Lipinski definition) is 1. The van der Waals surface area contributed by atoms with Crippen LogP contribution in [0.3, 0.4) is 0 Å². The molecule has 5 heteroatoms. The van der Waals surface area contributed by atoms with Gasteiger partial charge < -0.3 is 9.57 Å². The van der Waals surface area contributed by atoms with Crippen molar-refractivity contribution in [2.75, 3.05) is 0 Å². The van der Waals surface area contributed by atoms with Crippen LogP contribution in [-0.2, 0) is 4.84 Å². The smallest absolute Gasteiger partial charge is 0.408 e. The topological polar surface area (TPSA) is 64.6 Å². The number of hydrogen-bond acceptors (Lipinski definition) is 4. The third-order valence-electron chi connectivity index (χ3n) is 2.51. The number of amides is 1. The summed E-state index contributed by atoms with van der Waals surface area (Å²) in [7, 11) is 0. The number of benzene rings is 2. The van der Waals surface area contributed by atoms with Crippen LogP contribution < -0.4 is 10.2 Å². The Kier molecular flexibility index (Phi) is 9.42. The molecule has 0 radical (unpaired) electrons. The Hall–Kier alpha value is -4.14. The minimum absolute atomic E-state index is 0. The molecule has 0 aliphatic rings. The van der Waals surface area contributed by atoms with Crippen molar-refractivity contribution in [3.63, 3.8) is 0 Å². The molecule has 0 bridgehead atoms. The maximum absolute atomic E-state index is 11.5. The highest BCUT2D eigenvalue weighted by atomic mass is 16.7. The normalized spacial score (nSPS) is 7.85. The molecule has 0 atom stereocenters. The Bertz CT molecular complexity index is 882. The molecule has 0 saturated heterocycles. The second-order valence-electron chi connectivity index (χ2n) is 4.33. The molecular formula is C21H17NO4. The van der Waals surface area contributed by atoms with E-state index in [1.54, 1.807) is 67.6 Å². The van der Waals surface area contributed by atoms with Crippen LogP contribution in [0.15, 0.2) is 60.7 Å². The highest BCUT2D eigenvalue weighted by molar-refractivity contribution is 5.89. The molecule has 26 heavy (non-hydrogen) atoms. The van der Waals surface area contributed by atoms with E-state index in [0.29, 0.717) is 11.3 Å². The van der Waals surface area contributed by atoms with Gasteiger partial charge in [0.15, 0.2) is 0 Å². The molecule has 0 spiro atoms. The van der Waals surface area contributed by atoms with E-state index >= 15 is 0 Å². The van der Waals surface area contributed by atoms with E-state index in [2.05, 4.69) is 34.4 Å². The Morgan fingerprint density at radius 3 is 2.15 bits per heavy atom. The number of terminal acetylenes is 1. The van der Waals surface area contributed by atoms with Gasteiger partial charge >= 0.3 is 12.1 Å². The van der Waals surface area contributed by atoms with Gasteiger partial charge in [0, 0.05) is 1.43 Å². The van der Waals surface area contributed by atoms with Crippen molar-refractivity contribution < 1.29 is 20.6 Å². The molecule has 5 nitrogen and oxygen atoms in total. The highest BCUT2D eigenvalue weighted by Crippen LogP contribution is 2.08. The van der Waals surface area contributed by atoms with Gasteiger partial charge in [-0.05, 0) is 54.9 Å². The lowest BCUT2D eigenvalue weighted by Gasteiger charge is -2.06.